The Morgan fingerprint density at radius 2 is 2.11 bits per heavy atom. The van der Waals surface area contributed by atoms with Crippen LogP contribution in [0.1, 0.15) is 32.1 Å². The maximum Gasteiger partial charge on any atom is 0.240 e. The third kappa shape index (κ3) is 4.64. The summed E-state index contributed by atoms with van der Waals surface area (Å²) in [5.74, 6) is 0.286. The number of nitrogens with zero attached hydrogens (tertiary/aromatic N) is 1. The molecule has 0 radical (unpaired) electrons. The maximum absolute atomic E-state index is 13.1. The van der Waals surface area contributed by atoms with Gasteiger partial charge in [-0.05, 0) is 54.8 Å². The Morgan fingerprint density at radius 1 is 1.31 bits per heavy atom. The van der Waals surface area contributed by atoms with Crippen LogP contribution in [0.5, 0.6) is 11.6 Å². The van der Waals surface area contributed by atoms with Crippen LogP contribution in [0.3, 0.4) is 0 Å². The van der Waals surface area contributed by atoms with Crippen molar-refractivity contribution in [2.75, 3.05) is 13.7 Å². The van der Waals surface area contributed by atoms with E-state index in [9.17, 15) is 18.0 Å². The summed E-state index contributed by atoms with van der Waals surface area (Å²) in [5.41, 5.74) is -1.04. The number of hydrogen-bond acceptors (Lipinski definition) is 8. The number of nitrogens with one attached hydrogen (secondary N) is 2. The van der Waals surface area contributed by atoms with Crippen molar-refractivity contribution in [3.8, 4) is 11.6 Å². The maximum atomic E-state index is 13.1. The van der Waals surface area contributed by atoms with Crippen LogP contribution >= 0.6 is 0 Å². The fourth-order valence-corrected chi connectivity index (χ4v) is 6.24. The number of fused-ring (bicyclic) bond motifs is 1. The van der Waals surface area contributed by atoms with Gasteiger partial charge in [0.05, 0.1) is 23.8 Å². The van der Waals surface area contributed by atoms with Crippen LogP contribution in [0.2, 0.25) is 0 Å². The summed E-state index contributed by atoms with van der Waals surface area (Å²) in [5, 5.41) is 4.48. The van der Waals surface area contributed by atoms with Crippen molar-refractivity contribution in [2.45, 2.75) is 49.5 Å². The molecular weight excluding hydrogens is 470 g/mol. The van der Waals surface area contributed by atoms with Crippen LogP contribution < -0.4 is 19.5 Å². The molecule has 1 saturated heterocycles. The molecule has 1 aliphatic heterocycles. The van der Waals surface area contributed by atoms with Crippen LogP contribution in [0.4, 0.5) is 0 Å². The molecule has 186 valence electrons. The minimum atomic E-state index is -3.68. The molecule has 2 aliphatic carbocycles. The van der Waals surface area contributed by atoms with Gasteiger partial charge in [0, 0.05) is 31.0 Å². The highest BCUT2D eigenvalue weighted by molar-refractivity contribution is 7.90. The number of methoxy groups -OCH3 is 1. The molecule has 0 spiro atoms. The number of aromatic nitrogens is 1. The first-order valence-electron chi connectivity index (χ1n) is 11.8. The molecule has 2 aromatic rings. The minimum absolute atomic E-state index is 0.0353. The Kier molecular flexibility index (Phi) is 6.04. The van der Waals surface area contributed by atoms with Crippen molar-refractivity contribution in [1.82, 2.24) is 15.0 Å². The first-order valence-corrected chi connectivity index (χ1v) is 13.3. The molecule has 10 heteroatoms. The van der Waals surface area contributed by atoms with E-state index in [-0.39, 0.29) is 24.2 Å². The Morgan fingerprint density at radius 3 is 2.80 bits per heavy atom. The lowest BCUT2D eigenvalue weighted by Gasteiger charge is -2.18. The number of Topliss-reactive ketones (excluding diaryl/α,β-unsaturated/α-hetero) is 1. The average Bonchev–Trinajstić information content (AvgIpc) is 3.76. The largest absolute Gasteiger partial charge is 0.497 e. The van der Waals surface area contributed by atoms with E-state index in [2.05, 4.69) is 21.6 Å². The van der Waals surface area contributed by atoms with E-state index in [1.165, 1.54) is 0 Å². The Balaban J connectivity index is 1.23. The first kappa shape index (κ1) is 23.7. The summed E-state index contributed by atoms with van der Waals surface area (Å²) in [6, 6.07) is 7.04. The third-order valence-electron chi connectivity index (χ3n) is 7.25. The standard InChI is InChI=1S/C25H29N3O6S/c1-3-16-12-25(16,24(30)28-35(31,32)19-5-6-19)13-22(29)21-11-18(14-27-21)34-23-20-7-4-17(33-2)10-15(20)8-9-26-23/h3-4,7-10,16,18-19,21,27H,1,5-6,11-14H2,2H3,(H,28,30)/t16-,18?,21+,25-/m1/s1. The number of hydrogen-bond donors (Lipinski definition) is 2. The Hall–Kier alpha value is -2.98. The number of carbonyl (C=O) groups is 2. The van der Waals surface area contributed by atoms with Crippen molar-refractivity contribution < 1.29 is 27.5 Å². The van der Waals surface area contributed by atoms with Gasteiger partial charge >= 0.3 is 0 Å². The zero-order valence-corrected chi connectivity index (χ0v) is 20.3. The summed E-state index contributed by atoms with van der Waals surface area (Å²) in [7, 11) is -2.07. The average molecular weight is 500 g/mol. The van der Waals surface area contributed by atoms with Gasteiger partial charge in [-0.1, -0.05) is 6.08 Å². The van der Waals surface area contributed by atoms with Crippen molar-refractivity contribution in [3.63, 3.8) is 0 Å². The predicted octanol–water partition coefficient (Wildman–Crippen LogP) is 2.11. The molecule has 9 nitrogen and oxygen atoms in total. The lowest BCUT2D eigenvalue weighted by Crippen LogP contribution is -2.42. The number of rotatable bonds is 10. The zero-order chi connectivity index (χ0) is 24.8. The highest BCUT2D eigenvalue weighted by Crippen LogP contribution is 2.56. The number of sulfonamides is 1. The molecule has 2 saturated carbocycles. The summed E-state index contributed by atoms with van der Waals surface area (Å²) in [6.07, 6.45) is 4.98. The van der Waals surface area contributed by atoms with E-state index in [4.69, 9.17) is 9.47 Å². The van der Waals surface area contributed by atoms with Gasteiger partial charge in [0.1, 0.15) is 11.9 Å². The number of ketones is 1. The van der Waals surface area contributed by atoms with Gasteiger partial charge in [0.2, 0.25) is 21.8 Å². The zero-order valence-electron chi connectivity index (χ0n) is 19.5. The SMILES string of the molecule is C=C[C@@H]1C[C@]1(CC(=O)[C@@H]1CC(Oc2nccc3cc(OC)ccc23)CN1)C(=O)NS(=O)(=O)C1CC1. The predicted molar refractivity (Wildman–Crippen MR) is 130 cm³/mol. The van der Waals surface area contributed by atoms with Gasteiger partial charge in [-0.2, -0.15) is 0 Å². The summed E-state index contributed by atoms with van der Waals surface area (Å²) >= 11 is 0. The van der Waals surface area contributed by atoms with Gasteiger partial charge in [0.25, 0.3) is 0 Å². The summed E-state index contributed by atoms with van der Waals surface area (Å²) in [4.78, 5) is 30.4. The normalized spacial score (nSPS) is 27.9. The first-order chi connectivity index (χ1) is 16.8. The lowest BCUT2D eigenvalue weighted by molar-refractivity contribution is -0.130. The van der Waals surface area contributed by atoms with Crippen LogP contribution in [-0.4, -0.2) is 56.1 Å². The second-order valence-electron chi connectivity index (χ2n) is 9.66. The van der Waals surface area contributed by atoms with Gasteiger partial charge in [-0.15, -0.1) is 6.58 Å². The quantitative estimate of drug-likeness (QED) is 0.477. The molecule has 5 rings (SSSR count). The highest BCUT2D eigenvalue weighted by Gasteiger charge is 2.60. The topological polar surface area (TPSA) is 124 Å². The number of allylic oxidation sites excluding steroid dienone is 1. The minimum Gasteiger partial charge on any atom is -0.497 e. The monoisotopic (exact) mass is 499 g/mol. The molecule has 35 heavy (non-hydrogen) atoms. The molecule has 1 aromatic heterocycles. The van der Waals surface area contributed by atoms with Crippen molar-refractivity contribution in [3.05, 3.63) is 43.1 Å². The van der Waals surface area contributed by atoms with E-state index in [0.29, 0.717) is 38.1 Å². The number of amides is 1. The number of ether oxygens (including phenoxy) is 2. The Labute approximate surface area is 204 Å². The number of carbonyl (C=O) groups excluding carboxylic acids is 2. The fourth-order valence-electron chi connectivity index (χ4n) is 4.86. The summed E-state index contributed by atoms with van der Waals surface area (Å²) < 4.78 is 38.2. The third-order valence-corrected chi connectivity index (χ3v) is 9.07. The second kappa shape index (κ2) is 8.91. The van der Waals surface area contributed by atoms with Gasteiger partial charge < -0.3 is 14.8 Å². The Bertz CT molecular complexity index is 1290. The smallest absolute Gasteiger partial charge is 0.240 e. The van der Waals surface area contributed by atoms with E-state index in [1.54, 1.807) is 19.4 Å². The molecule has 2 N–H and O–H groups in total. The van der Waals surface area contributed by atoms with Gasteiger partial charge in [-0.25, -0.2) is 13.4 Å². The van der Waals surface area contributed by atoms with Crippen molar-refractivity contribution in [2.24, 2.45) is 11.3 Å². The lowest BCUT2D eigenvalue weighted by atomic mass is 9.92. The van der Waals surface area contributed by atoms with Crippen LogP contribution in [0.25, 0.3) is 10.8 Å². The van der Waals surface area contributed by atoms with Crippen LogP contribution in [0.15, 0.2) is 43.1 Å². The van der Waals surface area contributed by atoms with E-state index >= 15 is 0 Å². The molecule has 3 aliphatic rings. The number of benzene rings is 1. The molecule has 2 heterocycles. The van der Waals surface area contributed by atoms with Gasteiger partial charge in [-0.3, -0.25) is 14.3 Å². The molecule has 1 unspecified atom stereocenters. The molecule has 1 aromatic carbocycles. The second-order valence-corrected chi connectivity index (χ2v) is 11.6. The fraction of sp³-hybridized carbons (Fsp3) is 0.480. The van der Waals surface area contributed by atoms with E-state index in [0.717, 1.165) is 16.5 Å². The number of pyridine rings is 1. The highest BCUT2D eigenvalue weighted by atomic mass is 32.2. The van der Waals surface area contributed by atoms with Crippen molar-refractivity contribution in [1.29, 1.82) is 0 Å². The van der Waals surface area contributed by atoms with Crippen LogP contribution in [0, 0.1) is 11.3 Å². The van der Waals surface area contributed by atoms with E-state index in [1.807, 2.05) is 24.3 Å². The molecule has 3 fully saturated rings. The van der Waals surface area contributed by atoms with Crippen LogP contribution in [-0.2, 0) is 19.6 Å². The molecule has 0 bridgehead atoms. The van der Waals surface area contributed by atoms with Crippen molar-refractivity contribution >= 4 is 32.5 Å². The molecule has 4 atom stereocenters. The molecule has 1 amide bonds. The molecular formula is C25H29N3O6S. The summed E-state index contributed by atoms with van der Waals surface area (Å²) in [6.45, 7) is 4.22. The van der Waals surface area contributed by atoms with E-state index < -0.39 is 32.6 Å². The van der Waals surface area contributed by atoms with Gasteiger partial charge in [0.15, 0.2) is 5.78 Å².